The first-order chi connectivity index (χ1) is 12.0. The highest BCUT2D eigenvalue weighted by molar-refractivity contribution is 6.20. The number of nitrogens with zero attached hydrogens (tertiary/aromatic N) is 1. The number of amides is 2. The van der Waals surface area contributed by atoms with Crippen molar-refractivity contribution in [3.63, 3.8) is 0 Å². The summed E-state index contributed by atoms with van der Waals surface area (Å²) < 4.78 is 4.81. The van der Waals surface area contributed by atoms with E-state index in [0.29, 0.717) is 11.5 Å². The molecule has 130 valence electrons. The van der Waals surface area contributed by atoms with E-state index in [1.165, 1.54) is 19.2 Å². The Morgan fingerprint density at radius 3 is 1.96 bits per heavy atom. The predicted octanol–water partition coefficient (Wildman–Crippen LogP) is 1.58. The maximum Gasteiger partial charge on any atom is 0.336 e. The zero-order valence-electron chi connectivity index (χ0n) is 13.6. The molecule has 1 aromatic carbocycles. The van der Waals surface area contributed by atoms with Crippen molar-refractivity contribution < 1.29 is 28.8 Å². The molecule has 1 aromatic rings. The highest BCUT2D eigenvalue weighted by Gasteiger charge is 2.53. The Labute approximate surface area is 143 Å². The molecule has 0 saturated heterocycles. The first-order valence-corrected chi connectivity index (χ1v) is 8.28. The molecule has 0 aromatic heterocycles. The molecule has 3 fully saturated rings. The lowest BCUT2D eigenvalue weighted by Gasteiger charge is -2.48. The Morgan fingerprint density at radius 2 is 1.44 bits per heavy atom. The summed E-state index contributed by atoms with van der Waals surface area (Å²) >= 11 is 0. The summed E-state index contributed by atoms with van der Waals surface area (Å²) in [5.41, 5.74) is 0.445. The summed E-state index contributed by atoms with van der Waals surface area (Å²) in [6, 6.07) is 6.33. The molecular formula is C18H17NO6. The van der Waals surface area contributed by atoms with E-state index in [1.54, 1.807) is 12.1 Å². The topological polar surface area (TPSA) is 90.0 Å². The van der Waals surface area contributed by atoms with Crippen LogP contribution in [0, 0.1) is 23.7 Å². The molecule has 0 radical (unpaired) electrons. The van der Waals surface area contributed by atoms with Crippen LogP contribution in [0.1, 0.15) is 40.0 Å². The van der Waals surface area contributed by atoms with Gasteiger partial charge in [-0.1, -0.05) is 17.2 Å². The van der Waals surface area contributed by atoms with Crippen LogP contribution in [0.3, 0.4) is 0 Å². The summed E-state index contributed by atoms with van der Waals surface area (Å²) in [4.78, 5) is 54.2. The minimum absolute atomic E-state index is 0.133. The standard InChI is InChI=1S/C18H17NO6/c1-24-17(22)13-8-14(10-6-9(13)7-10)18(23)25-19-15(20)11-4-2-3-5-12(11)16(19)21/h2-5,9-10,13-14H,6-8H2,1H3/t9?,10?,13-,14?/m0/s1. The Hall–Kier alpha value is -2.70. The number of fused-ring (bicyclic) bond motifs is 3. The van der Waals surface area contributed by atoms with Crippen molar-refractivity contribution in [2.24, 2.45) is 23.7 Å². The fourth-order valence-corrected chi connectivity index (χ4v) is 4.16. The molecule has 3 saturated carbocycles. The molecule has 3 aliphatic carbocycles. The van der Waals surface area contributed by atoms with Crippen LogP contribution in [0.15, 0.2) is 24.3 Å². The second kappa shape index (κ2) is 5.68. The van der Waals surface area contributed by atoms with Crippen LogP contribution in [0.25, 0.3) is 0 Å². The van der Waals surface area contributed by atoms with Crippen LogP contribution in [0.2, 0.25) is 0 Å². The molecular weight excluding hydrogens is 326 g/mol. The first kappa shape index (κ1) is 15.8. The van der Waals surface area contributed by atoms with Crippen LogP contribution in [0.4, 0.5) is 0 Å². The van der Waals surface area contributed by atoms with Gasteiger partial charge in [0, 0.05) is 0 Å². The molecule has 7 nitrogen and oxygen atoms in total. The molecule has 2 bridgehead atoms. The number of hydroxylamine groups is 2. The lowest BCUT2D eigenvalue weighted by molar-refractivity contribution is -0.185. The van der Waals surface area contributed by atoms with Crippen molar-refractivity contribution in [1.29, 1.82) is 0 Å². The van der Waals surface area contributed by atoms with Gasteiger partial charge in [-0.05, 0) is 43.2 Å². The maximum atomic E-state index is 12.6. The lowest BCUT2D eigenvalue weighted by Crippen LogP contribution is -2.49. The van der Waals surface area contributed by atoms with Crippen molar-refractivity contribution in [2.75, 3.05) is 7.11 Å². The number of hydrogen-bond donors (Lipinski definition) is 0. The van der Waals surface area contributed by atoms with Gasteiger partial charge in [0.2, 0.25) is 0 Å². The first-order valence-electron chi connectivity index (χ1n) is 8.28. The largest absolute Gasteiger partial charge is 0.469 e. The van der Waals surface area contributed by atoms with Crippen LogP contribution >= 0.6 is 0 Å². The van der Waals surface area contributed by atoms with Gasteiger partial charge in [0.05, 0.1) is 30.1 Å². The fraction of sp³-hybridized carbons (Fsp3) is 0.444. The van der Waals surface area contributed by atoms with E-state index in [-0.39, 0.29) is 34.8 Å². The monoisotopic (exact) mass is 343 g/mol. The van der Waals surface area contributed by atoms with Crippen molar-refractivity contribution in [3.05, 3.63) is 35.4 Å². The minimum atomic E-state index is -0.638. The number of esters is 1. The van der Waals surface area contributed by atoms with Gasteiger partial charge < -0.3 is 9.57 Å². The Bertz CT molecular complexity index is 747. The summed E-state index contributed by atoms with van der Waals surface area (Å²) in [6.45, 7) is 0. The number of methoxy groups -OCH3 is 1. The van der Waals surface area contributed by atoms with Crippen molar-refractivity contribution in [3.8, 4) is 0 Å². The van der Waals surface area contributed by atoms with Crippen LogP contribution in [0.5, 0.6) is 0 Å². The van der Waals surface area contributed by atoms with Gasteiger partial charge in [0.1, 0.15) is 0 Å². The maximum absolute atomic E-state index is 12.6. The molecule has 7 heteroatoms. The number of rotatable bonds is 3. The number of benzene rings is 1. The molecule has 4 aliphatic rings. The van der Waals surface area contributed by atoms with Gasteiger partial charge in [-0.15, -0.1) is 0 Å². The summed E-state index contributed by atoms with van der Waals surface area (Å²) in [5.74, 6) is -2.67. The smallest absolute Gasteiger partial charge is 0.336 e. The molecule has 0 N–H and O–H groups in total. The van der Waals surface area contributed by atoms with E-state index in [1.807, 2.05) is 0 Å². The molecule has 5 rings (SSSR count). The highest BCUT2D eigenvalue weighted by Crippen LogP contribution is 2.52. The SMILES string of the molecule is COC(=O)[C@H]1CC(C(=O)ON2C(=O)c3ccccc3C2=O)C2CC1C2. The molecule has 2 amide bonds. The van der Waals surface area contributed by atoms with E-state index < -0.39 is 23.7 Å². The molecule has 1 aliphatic heterocycles. The zero-order valence-corrected chi connectivity index (χ0v) is 13.6. The van der Waals surface area contributed by atoms with Crippen molar-refractivity contribution in [1.82, 2.24) is 5.06 Å². The highest BCUT2D eigenvalue weighted by atomic mass is 16.7. The lowest BCUT2D eigenvalue weighted by atomic mass is 9.55. The minimum Gasteiger partial charge on any atom is -0.469 e. The third-order valence-electron chi connectivity index (χ3n) is 5.60. The Balaban J connectivity index is 1.49. The quantitative estimate of drug-likeness (QED) is 0.611. The molecule has 2 atom stereocenters. The second-order valence-electron chi connectivity index (χ2n) is 6.82. The van der Waals surface area contributed by atoms with Gasteiger partial charge in [-0.25, -0.2) is 4.79 Å². The van der Waals surface area contributed by atoms with Gasteiger partial charge in [-0.3, -0.25) is 14.4 Å². The number of carbonyl (C=O) groups excluding carboxylic acids is 4. The van der Waals surface area contributed by atoms with E-state index in [4.69, 9.17) is 9.57 Å². The van der Waals surface area contributed by atoms with Gasteiger partial charge in [0.25, 0.3) is 11.8 Å². The number of imide groups is 1. The molecule has 1 unspecified atom stereocenters. The average molecular weight is 343 g/mol. The number of hydrogen-bond acceptors (Lipinski definition) is 6. The van der Waals surface area contributed by atoms with E-state index in [9.17, 15) is 19.2 Å². The third kappa shape index (κ3) is 2.33. The normalized spacial score (nSPS) is 29.7. The van der Waals surface area contributed by atoms with Crippen molar-refractivity contribution >= 4 is 23.8 Å². The Kier molecular flexibility index (Phi) is 3.59. The average Bonchev–Trinajstić information content (AvgIpc) is 2.85. The van der Waals surface area contributed by atoms with Crippen LogP contribution in [-0.2, 0) is 19.2 Å². The van der Waals surface area contributed by atoms with Gasteiger partial charge in [0.15, 0.2) is 0 Å². The molecule has 1 heterocycles. The fourth-order valence-electron chi connectivity index (χ4n) is 4.16. The van der Waals surface area contributed by atoms with E-state index in [0.717, 1.165) is 12.8 Å². The molecule has 25 heavy (non-hydrogen) atoms. The van der Waals surface area contributed by atoms with Crippen molar-refractivity contribution in [2.45, 2.75) is 19.3 Å². The second-order valence-corrected chi connectivity index (χ2v) is 6.82. The summed E-state index contributed by atoms with van der Waals surface area (Å²) in [5, 5.41) is 0.533. The summed E-state index contributed by atoms with van der Waals surface area (Å²) in [7, 11) is 1.33. The zero-order chi connectivity index (χ0) is 17.7. The van der Waals surface area contributed by atoms with Crippen LogP contribution in [-0.4, -0.2) is 35.9 Å². The van der Waals surface area contributed by atoms with Crippen LogP contribution < -0.4 is 0 Å². The molecule has 0 spiro atoms. The van der Waals surface area contributed by atoms with E-state index >= 15 is 0 Å². The van der Waals surface area contributed by atoms with E-state index in [2.05, 4.69) is 0 Å². The predicted molar refractivity (Wildman–Crippen MR) is 82.9 cm³/mol. The Morgan fingerprint density at radius 1 is 0.920 bits per heavy atom. The van der Waals surface area contributed by atoms with Gasteiger partial charge in [-0.2, -0.15) is 0 Å². The summed E-state index contributed by atoms with van der Waals surface area (Å²) in [6.07, 6.45) is 1.87. The number of carbonyl (C=O) groups is 4. The number of ether oxygens (including phenoxy) is 1. The third-order valence-corrected chi connectivity index (χ3v) is 5.60. The van der Waals surface area contributed by atoms with Gasteiger partial charge >= 0.3 is 11.9 Å².